The van der Waals surface area contributed by atoms with Gasteiger partial charge in [-0.25, -0.2) is 4.39 Å². The van der Waals surface area contributed by atoms with Crippen LogP contribution in [0.25, 0.3) is 6.08 Å². The molecule has 1 saturated heterocycles. The fraction of sp³-hybridized carbons (Fsp3) is 0.500. The van der Waals surface area contributed by atoms with E-state index in [2.05, 4.69) is 17.6 Å². The van der Waals surface area contributed by atoms with Gasteiger partial charge in [-0.15, -0.1) is 0 Å². The van der Waals surface area contributed by atoms with Gasteiger partial charge in [-0.3, -0.25) is 4.98 Å². The highest BCUT2D eigenvalue weighted by Gasteiger charge is 2.52. The number of nitrogens with zero attached hydrogens (tertiary/aromatic N) is 1. The van der Waals surface area contributed by atoms with Gasteiger partial charge in [0.2, 0.25) is 0 Å². The first-order valence-electron chi connectivity index (χ1n) is 6.53. The second-order valence-corrected chi connectivity index (χ2v) is 6.22. The lowest BCUT2D eigenvalue weighted by atomic mass is 9.78. The first kappa shape index (κ1) is 15.5. The van der Waals surface area contributed by atoms with E-state index in [1.165, 1.54) is 12.3 Å². The molecule has 1 fully saturated rings. The first-order valence-corrected chi connectivity index (χ1v) is 7.16. The Morgan fingerprint density at radius 3 is 2.40 bits per heavy atom. The molecule has 1 aliphatic heterocycles. The average Bonchev–Trinajstić information content (AvgIpc) is 2.55. The highest BCUT2D eigenvalue weighted by Crippen LogP contribution is 2.38. The van der Waals surface area contributed by atoms with Crippen LogP contribution >= 0.6 is 12.6 Å². The summed E-state index contributed by atoms with van der Waals surface area (Å²) in [6.07, 6.45) is 4.58. The van der Waals surface area contributed by atoms with Crippen LogP contribution in [0.4, 0.5) is 4.39 Å². The third kappa shape index (κ3) is 3.08. The summed E-state index contributed by atoms with van der Waals surface area (Å²) in [5.74, 6) is 0.0963. The van der Waals surface area contributed by atoms with Crippen molar-refractivity contribution in [2.45, 2.75) is 38.9 Å². The predicted molar refractivity (Wildman–Crippen MR) is 82.1 cm³/mol. The Morgan fingerprint density at radius 1 is 1.30 bits per heavy atom. The number of hydrogen-bond donors (Lipinski definition) is 1. The number of aromatic nitrogens is 1. The van der Waals surface area contributed by atoms with E-state index in [9.17, 15) is 4.39 Å². The maximum atomic E-state index is 13.2. The van der Waals surface area contributed by atoms with E-state index in [1.54, 1.807) is 6.20 Å². The molecule has 1 aromatic rings. The second-order valence-electron chi connectivity index (χ2n) is 5.90. The third-order valence-electron chi connectivity index (χ3n) is 3.82. The van der Waals surface area contributed by atoms with Gasteiger partial charge in [0, 0.05) is 11.9 Å². The molecule has 0 atom stereocenters. The van der Waals surface area contributed by atoms with Crippen LogP contribution in [0.1, 0.15) is 33.3 Å². The molecule has 0 spiro atoms. The van der Waals surface area contributed by atoms with Gasteiger partial charge in [-0.05, 0) is 44.8 Å². The van der Waals surface area contributed by atoms with E-state index in [-0.39, 0.29) is 5.82 Å². The molecule has 0 bridgehead atoms. The zero-order valence-corrected chi connectivity index (χ0v) is 13.1. The fourth-order valence-corrected chi connectivity index (χ4v) is 2.14. The van der Waals surface area contributed by atoms with Crippen molar-refractivity contribution >= 4 is 25.8 Å². The Morgan fingerprint density at radius 2 is 1.90 bits per heavy atom. The molecule has 108 valence electrons. The lowest BCUT2D eigenvalue weighted by molar-refractivity contribution is 0.00578. The molecule has 6 heteroatoms. The molecule has 0 aliphatic carbocycles. The Bertz CT molecular complexity index is 518. The van der Waals surface area contributed by atoms with Crippen LogP contribution < -0.4 is 0 Å². The fourth-order valence-electron chi connectivity index (χ4n) is 1.90. The van der Waals surface area contributed by atoms with Gasteiger partial charge in [-0.2, -0.15) is 12.6 Å². The van der Waals surface area contributed by atoms with Gasteiger partial charge < -0.3 is 9.31 Å². The maximum Gasteiger partial charge on any atom is 0.491 e. The summed E-state index contributed by atoms with van der Waals surface area (Å²) in [5.41, 5.74) is 0.711. The molecule has 0 radical (unpaired) electrons. The van der Waals surface area contributed by atoms with Gasteiger partial charge in [0.25, 0.3) is 0 Å². The van der Waals surface area contributed by atoms with Crippen molar-refractivity contribution in [1.29, 1.82) is 0 Å². The number of rotatable bonds is 3. The topological polar surface area (TPSA) is 31.4 Å². The number of hydrogen-bond acceptors (Lipinski definition) is 4. The van der Waals surface area contributed by atoms with Crippen LogP contribution in [0.2, 0.25) is 0 Å². The molecule has 20 heavy (non-hydrogen) atoms. The quantitative estimate of drug-likeness (QED) is 0.686. The summed E-state index contributed by atoms with van der Waals surface area (Å²) >= 11 is 4.32. The molecule has 2 heterocycles. The SMILES string of the molecule is CC1(C)OB(C(=Cc2cncc(F)c2)CS)OC1(C)C. The van der Waals surface area contributed by atoms with E-state index >= 15 is 0 Å². The van der Waals surface area contributed by atoms with Gasteiger partial charge in [-0.1, -0.05) is 6.08 Å². The largest absolute Gasteiger partial charge is 0.491 e. The third-order valence-corrected chi connectivity index (χ3v) is 4.18. The van der Waals surface area contributed by atoms with Crippen LogP contribution in [0.15, 0.2) is 23.9 Å². The minimum atomic E-state index is -0.472. The lowest BCUT2D eigenvalue weighted by Gasteiger charge is -2.32. The molecule has 1 aromatic heterocycles. The minimum absolute atomic E-state index is 0.369. The molecule has 0 aromatic carbocycles. The van der Waals surface area contributed by atoms with Crippen molar-refractivity contribution in [2.75, 3.05) is 5.75 Å². The Balaban J connectivity index is 2.26. The molecular formula is C14H19BFNO2S. The van der Waals surface area contributed by atoms with Crippen LogP contribution in [0.3, 0.4) is 0 Å². The van der Waals surface area contributed by atoms with Gasteiger partial charge in [0.05, 0.1) is 17.4 Å². The Hall–Kier alpha value is -0.845. The van der Waals surface area contributed by atoms with Crippen molar-refractivity contribution in [3.63, 3.8) is 0 Å². The molecular weight excluding hydrogens is 276 g/mol. The summed E-state index contributed by atoms with van der Waals surface area (Å²) in [7, 11) is -0.472. The maximum absolute atomic E-state index is 13.2. The van der Waals surface area contributed by atoms with E-state index in [0.717, 1.165) is 5.47 Å². The van der Waals surface area contributed by atoms with Crippen LogP contribution in [0.5, 0.6) is 0 Å². The van der Waals surface area contributed by atoms with E-state index in [0.29, 0.717) is 11.3 Å². The van der Waals surface area contributed by atoms with E-state index in [4.69, 9.17) is 9.31 Å². The zero-order valence-electron chi connectivity index (χ0n) is 12.2. The Kier molecular flexibility index (Phi) is 4.28. The minimum Gasteiger partial charge on any atom is -0.400 e. The van der Waals surface area contributed by atoms with Crippen LogP contribution in [-0.4, -0.2) is 29.1 Å². The summed E-state index contributed by atoms with van der Waals surface area (Å²) < 4.78 is 25.1. The lowest BCUT2D eigenvalue weighted by Crippen LogP contribution is -2.41. The standard InChI is InChI=1S/C14H19BFNO2S/c1-13(2)14(3,4)19-15(18-13)11(9-20)5-10-6-12(16)8-17-7-10/h5-8,20H,9H2,1-4H3. The van der Waals surface area contributed by atoms with Crippen LogP contribution in [-0.2, 0) is 9.31 Å². The predicted octanol–water partition coefficient (Wildman–Crippen LogP) is 3.17. The Labute approximate surface area is 125 Å². The summed E-state index contributed by atoms with van der Waals surface area (Å²) in [5, 5.41) is 0. The number of thiol groups is 1. The molecule has 0 saturated carbocycles. The zero-order chi connectivity index (χ0) is 15.0. The normalized spacial score (nSPS) is 21.3. The highest BCUT2D eigenvalue weighted by atomic mass is 32.1. The van der Waals surface area contributed by atoms with Gasteiger partial charge in [0.15, 0.2) is 0 Å². The van der Waals surface area contributed by atoms with Crippen LogP contribution in [0, 0.1) is 5.82 Å². The van der Waals surface area contributed by atoms with Crippen molar-refractivity contribution < 1.29 is 13.7 Å². The highest BCUT2D eigenvalue weighted by molar-refractivity contribution is 7.80. The monoisotopic (exact) mass is 295 g/mol. The average molecular weight is 295 g/mol. The molecule has 0 unspecified atom stereocenters. The molecule has 3 nitrogen and oxygen atoms in total. The van der Waals surface area contributed by atoms with Crippen molar-refractivity contribution in [3.8, 4) is 0 Å². The number of pyridine rings is 1. The van der Waals surface area contributed by atoms with E-state index in [1.807, 2.05) is 33.8 Å². The summed E-state index contributed by atoms with van der Waals surface area (Å²) in [6, 6.07) is 1.42. The first-order chi connectivity index (χ1) is 9.25. The summed E-state index contributed by atoms with van der Waals surface area (Å²) in [4.78, 5) is 3.83. The van der Waals surface area contributed by atoms with Crippen molar-refractivity contribution in [2.24, 2.45) is 0 Å². The van der Waals surface area contributed by atoms with Gasteiger partial charge in [0.1, 0.15) is 5.82 Å². The number of halogens is 1. The van der Waals surface area contributed by atoms with E-state index < -0.39 is 18.3 Å². The van der Waals surface area contributed by atoms with Crippen molar-refractivity contribution in [3.05, 3.63) is 35.3 Å². The smallest absolute Gasteiger partial charge is 0.400 e. The molecule has 2 rings (SSSR count). The molecule has 0 N–H and O–H groups in total. The second kappa shape index (κ2) is 5.50. The molecule has 0 amide bonds. The summed E-state index contributed by atoms with van der Waals surface area (Å²) in [6.45, 7) is 7.97. The van der Waals surface area contributed by atoms with Crippen molar-refractivity contribution in [1.82, 2.24) is 4.98 Å². The van der Waals surface area contributed by atoms with Gasteiger partial charge >= 0.3 is 7.12 Å². The molecule has 1 aliphatic rings.